The number of thiophene rings is 1. The predicted molar refractivity (Wildman–Crippen MR) is 113 cm³/mol. The number of anilines is 1. The molecule has 29 heavy (non-hydrogen) atoms. The summed E-state index contributed by atoms with van der Waals surface area (Å²) in [4.78, 5) is 29.4. The summed E-state index contributed by atoms with van der Waals surface area (Å²) >= 11 is 2.68. The Morgan fingerprint density at radius 1 is 1.24 bits per heavy atom. The number of hydrogen-bond donors (Lipinski definition) is 1. The van der Waals surface area contributed by atoms with Gasteiger partial charge in [-0.05, 0) is 31.5 Å². The number of hydrogen-bond acceptors (Lipinski definition) is 8. The lowest BCUT2D eigenvalue weighted by Crippen LogP contribution is -2.16. The van der Waals surface area contributed by atoms with Gasteiger partial charge in [-0.2, -0.15) is 0 Å². The van der Waals surface area contributed by atoms with Crippen molar-refractivity contribution in [1.29, 1.82) is 0 Å². The van der Waals surface area contributed by atoms with E-state index in [2.05, 4.69) is 20.5 Å². The molecule has 0 spiro atoms. The Morgan fingerprint density at radius 3 is 2.66 bits per heavy atom. The number of aromatic nitrogens is 4. The summed E-state index contributed by atoms with van der Waals surface area (Å²) in [7, 11) is 1.32. The molecule has 0 aromatic carbocycles. The molecule has 10 heteroatoms. The van der Waals surface area contributed by atoms with Crippen LogP contribution in [0, 0.1) is 0 Å². The van der Waals surface area contributed by atoms with E-state index in [1.807, 2.05) is 30.5 Å². The molecule has 3 aromatic heterocycles. The van der Waals surface area contributed by atoms with Gasteiger partial charge in [-0.15, -0.1) is 21.5 Å². The Morgan fingerprint density at radius 2 is 2.00 bits per heavy atom. The summed E-state index contributed by atoms with van der Waals surface area (Å²) in [5, 5.41) is 12.5. The molecule has 3 heterocycles. The minimum absolute atomic E-state index is 0.147. The van der Waals surface area contributed by atoms with Crippen molar-refractivity contribution >= 4 is 40.0 Å². The average Bonchev–Trinajstić information content (AvgIpc) is 3.35. The van der Waals surface area contributed by atoms with E-state index in [0.29, 0.717) is 22.3 Å². The molecular formula is C19H21N5O3S2. The minimum atomic E-state index is -0.461. The molecule has 0 radical (unpaired) electrons. The molecule has 0 unspecified atom stereocenters. The van der Waals surface area contributed by atoms with Crippen molar-refractivity contribution in [1.82, 2.24) is 19.7 Å². The zero-order valence-electron chi connectivity index (χ0n) is 16.3. The lowest BCUT2D eigenvalue weighted by Gasteiger charge is -2.08. The van der Waals surface area contributed by atoms with Crippen LogP contribution < -0.4 is 5.32 Å². The van der Waals surface area contributed by atoms with Crippen LogP contribution in [0.3, 0.4) is 0 Å². The summed E-state index contributed by atoms with van der Waals surface area (Å²) in [6, 6.07) is 5.50. The Balaban J connectivity index is 1.70. The first-order valence-corrected chi connectivity index (χ1v) is 10.8. The van der Waals surface area contributed by atoms with Crippen LogP contribution in [0.5, 0.6) is 0 Å². The number of pyridine rings is 1. The molecule has 1 N–H and O–H groups in total. The number of carbonyl (C=O) groups is 2. The summed E-state index contributed by atoms with van der Waals surface area (Å²) in [5.41, 5.74) is 1.29. The quantitative estimate of drug-likeness (QED) is 0.430. The third-order valence-electron chi connectivity index (χ3n) is 4.09. The summed E-state index contributed by atoms with van der Waals surface area (Å²) in [6.07, 6.45) is 4.18. The van der Waals surface area contributed by atoms with Gasteiger partial charge in [0.25, 0.3) is 0 Å². The summed E-state index contributed by atoms with van der Waals surface area (Å²) in [5.74, 6) is 0.197. The molecule has 0 aliphatic carbocycles. The van der Waals surface area contributed by atoms with Gasteiger partial charge in [0.05, 0.1) is 18.4 Å². The summed E-state index contributed by atoms with van der Waals surface area (Å²) in [6.45, 7) is 4.66. The second kappa shape index (κ2) is 9.66. The SMILES string of the molecule is CCc1cc(C(=O)OC)c(NC(=O)CSc2nnc(-c3ccncc3)n2CC)s1. The maximum Gasteiger partial charge on any atom is 0.340 e. The maximum absolute atomic E-state index is 12.5. The van der Waals surface area contributed by atoms with Gasteiger partial charge in [0.2, 0.25) is 5.91 Å². The standard InChI is InChI=1S/C19H21N5O3S2/c1-4-13-10-14(18(26)27-3)17(29-13)21-15(25)11-28-19-23-22-16(24(19)5-2)12-6-8-20-9-7-12/h6-10H,4-5,11H2,1-3H3,(H,21,25). The molecule has 3 rings (SSSR count). The van der Waals surface area contributed by atoms with E-state index in [4.69, 9.17) is 4.74 Å². The van der Waals surface area contributed by atoms with E-state index < -0.39 is 5.97 Å². The van der Waals surface area contributed by atoms with E-state index >= 15 is 0 Å². The van der Waals surface area contributed by atoms with Crippen molar-refractivity contribution < 1.29 is 14.3 Å². The molecule has 152 valence electrons. The van der Waals surface area contributed by atoms with Gasteiger partial charge >= 0.3 is 5.97 Å². The number of carbonyl (C=O) groups excluding carboxylic acids is 2. The summed E-state index contributed by atoms with van der Waals surface area (Å²) < 4.78 is 6.76. The number of nitrogens with one attached hydrogen (secondary N) is 1. The first-order chi connectivity index (χ1) is 14.1. The van der Waals surface area contributed by atoms with Crippen LogP contribution in [0.15, 0.2) is 35.7 Å². The second-order valence-electron chi connectivity index (χ2n) is 5.92. The number of nitrogens with zero attached hydrogens (tertiary/aromatic N) is 4. The zero-order valence-corrected chi connectivity index (χ0v) is 18.0. The first-order valence-electron chi connectivity index (χ1n) is 9.04. The molecule has 0 atom stereocenters. The highest BCUT2D eigenvalue weighted by Crippen LogP contribution is 2.30. The van der Waals surface area contributed by atoms with Gasteiger partial charge < -0.3 is 14.6 Å². The first kappa shape index (κ1) is 21.0. The third-order valence-corrected chi connectivity index (χ3v) is 6.26. The van der Waals surface area contributed by atoms with E-state index in [1.165, 1.54) is 30.2 Å². The Bertz CT molecular complexity index is 1000. The van der Waals surface area contributed by atoms with Gasteiger partial charge in [-0.3, -0.25) is 9.78 Å². The van der Waals surface area contributed by atoms with Crippen molar-refractivity contribution in [2.75, 3.05) is 18.2 Å². The van der Waals surface area contributed by atoms with Crippen molar-refractivity contribution in [3.8, 4) is 11.4 Å². The van der Waals surface area contributed by atoms with E-state index in [0.717, 1.165) is 22.7 Å². The van der Waals surface area contributed by atoms with Crippen LogP contribution in [-0.2, 0) is 22.5 Å². The maximum atomic E-state index is 12.5. The number of esters is 1. The van der Waals surface area contributed by atoms with Crippen molar-refractivity contribution in [3.63, 3.8) is 0 Å². The average molecular weight is 432 g/mol. The minimum Gasteiger partial charge on any atom is -0.465 e. The van der Waals surface area contributed by atoms with Crippen LogP contribution in [0.1, 0.15) is 29.1 Å². The number of aryl methyl sites for hydroxylation is 1. The molecule has 0 aliphatic rings. The highest BCUT2D eigenvalue weighted by molar-refractivity contribution is 7.99. The molecule has 0 saturated carbocycles. The molecule has 0 aliphatic heterocycles. The van der Waals surface area contributed by atoms with E-state index in [9.17, 15) is 9.59 Å². The van der Waals surface area contributed by atoms with Gasteiger partial charge in [-0.1, -0.05) is 18.7 Å². The van der Waals surface area contributed by atoms with Crippen LogP contribution >= 0.6 is 23.1 Å². The molecule has 3 aromatic rings. The van der Waals surface area contributed by atoms with Crippen molar-refractivity contribution in [2.45, 2.75) is 32.0 Å². The second-order valence-corrected chi connectivity index (χ2v) is 8.00. The fraction of sp³-hybridized carbons (Fsp3) is 0.316. The number of ether oxygens (including phenoxy) is 1. The van der Waals surface area contributed by atoms with Gasteiger partial charge in [0, 0.05) is 29.4 Å². The number of methoxy groups -OCH3 is 1. The lowest BCUT2D eigenvalue weighted by molar-refractivity contribution is -0.113. The van der Waals surface area contributed by atoms with Gasteiger partial charge in [-0.25, -0.2) is 4.79 Å². The Hall–Kier alpha value is -2.72. The number of rotatable bonds is 8. The molecule has 8 nitrogen and oxygen atoms in total. The topological polar surface area (TPSA) is 99.0 Å². The number of thioether (sulfide) groups is 1. The van der Waals surface area contributed by atoms with Crippen molar-refractivity contribution in [2.24, 2.45) is 0 Å². The lowest BCUT2D eigenvalue weighted by atomic mass is 10.2. The van der Waals surface area contributed by atoms with Crippen molar-refractivity contribution in [3.05, 3.63) is 41.0 Å². The fourth-order valence-electron chi connectivity index (χ4n) is 2.66. The largest absolute Gasteiger partial charge is 0.465 e. The van der Waals surface area contributed by atoms with Crippen LogP contribution in [0.25, 0.3) is 11.4 Å². The van der Waals surface area contributed by atoms with Crippen LogP contribution in [-0.4, -0.2) is 44.5 Å². The molecule has 0 fully saturated rings. The normalized spacial score (nSPS) is 10.7. The predicted octanol–water partition coefficient (Wildman–Crippen LogP) is 3.50. The highest BCUT2D eigenvalue weighted by atomic mass is 32.2. The Labute approximate surface area is 176 Å². The fourth-order valence-corrected chi connectivity index (χ4v) is 4.46. The molecule has 0 bridgehead atoms. The van der Waals surface area contributed by atoms with Crippen LogP contribution in [0.2, 0.25) is 0 Å². The van der Waals surface area contributed by atoms with E-state index in [1.54, 1.807) is 18.5 Å². The number of amides is 1. The monoisotopic (exact) mass is 431 g/mol. The third kappa shape index (κ3) is 4.83. The van der Waals surface area contributed by atoms with Gasteiger partial charge in [0.1, 0.15) is 5.00 Å². The molecular weight excluding hydrogens is 410 g/mol. The molecule has 0 saturated heterocycles. The zero-order chi connectivity index (χ0) is 20.8. The molecule has 1 amide bonds. The van der Waals surface area contributed by atoms with Gasteiger partial charge in [0.15, 0.2) is 11.0 Å². The van der Waals surface area contributed by atoms with E-state index in [-0.39, 0.29) is 11.7 Å². The highest BCUT2D eigenvalue weighted by Gasteiger charge is 2.19. The Kier molecular flexibility index (Phi) is 6.99. The van der Waals surface area contributed by atoms with Crippen LogP contribution in [0.4, 0.5) is 5.00 Å². The smallest absolute Gasteiger partial charge is 0.340 e.